The van der Waals surface area contributed by atoms with E-state index < -0.39 is 0 Å². The van der Waals surface area contributed by atoms with E-state index in [0.29, 0.717) is 6.42 Å². The van der Waals surface area contributed by atoms with Crippen molar-refractivity contribution in [1.29, 1.82) is 0 Å². The first kappa shape index (κ1) is 18.8. The lowest BCUT2D eigenvalue weighted by Crippen LogP contribution is -2.28. The summed E-state index contributed by atoms with van der Waals surface area (Å²) < 4.78 is 16.3. The first-order chi connectivity index (χ1) is 11.7. The van der Waals surface area contributed by atoms with Gasteiger partial charge in [-0.05, 0) is 43.4 Å². The molecule has 0 aliphatic heterocycles. The van der Waals surface area contributed by atoms with E-state index in [9.17, 15) is 4.79 Å². The molecule has 0 saturated heterocycles. The highest BCUT2D eigenvalue weighted by atomic mass is 16.7. The van der Waals surface area contributed by atoms with Gasteiger partial charge in [0.15, 0.2) is 6.79 Å². The molecule has 4 nitrogen and oxygen atoms in total. The molecule has 1 aliphatic carbocycles. The molecular formula is C20H30O4. The molecule has 1 aromatic carbocycles. The Hall–Kier alpha value is -1.55. The number of unbranched alkanes of at least 4 members (excludes halogenated alkanes) is 2. The molecule has 24 heavy (non-hydrogen) atoms. The third-order valence-electron chi connectivity index (χ3n) is 4.60. The molecule has 0 N–H and O–H groups in total. The van der Waals surface area contributed by atoms with Crippen molar-refractivity contribution in [1.82, 2.24) is 0 Å². The summed E-state index contributed by atoms with van der Waals surface area (Å²) in [6.07, 6.45) is 7.97. The molecule has 1 aromatic rings. The molecule has 0 unspecified atom stereocenters. The third-order valence-corrected chi connectivity index (χ3v) is 4.60. The minimum absolute atomic E-state index is 0.00875. The summed E-state index contributed by atoms with van der Waals surface area (Å²) in [5.74, 6) is 1.01. The standard InChI is InChI=1S/C20H30O4/c1-3-4-5-13-20(21)24-19-12-7-6-11-18(19)16-9-8-10-17(14-16)23-15-22-2/h8-10,14,18-19H,3-7,11-13,15H2,1-2H3/t18-,19+/m1/s1. The molecule has 134 valence electrons. The van der Waals surface area contributed by atoms with Crippen molar-refractivity contribution in [3.63, 3.8) is 0 Å². The van der Waals surface area contributed by atoms with Crippen molar-refractivity contribution in [2.45, 2.75) is 70.3 Å². The van der Waals surface area contributed by atoms with Gasteiger partial charge >= 0.3 is 5.97 Å². The van der Waals surface area contributed by atoms with Gasteiger partial charge < -0.3 is 14.2 Å². The van der Waals surface area contributed by atoms with Crippen LogP contribution in [0.3, 0.4) is 0 Å². The van der Waals surface area contributed by atoms with Crippen LogP contribution in [-0.4, -0.2) is 26.0 Å². The van der Waals surface area contributed by atoms with Gasteiger partial charge in [-0.2, -0.15) is 0 Å². The van der Waals surface area contributed by atoms with Gasteiger partial charge in [0.05, 0.1) is 0 Å². The fraction of sp³-hybridized carbons (Fsp3) is 0.650. The zero-order valence-electron chi connectivity index (χ0n) is 15.0. The Kier molecular flexibility index (Phi) is 8.10. The van der Waals surface area contributed by atoms with Crippen LogP contribution >= 0.6 is 0 Å². The van der Waals surface area contributed by atoms with E-state index in [1.54, 1.807) is 7.11 Å². The van der Waals surface area contributed by atoms with Crippen molar-refractivity contribution >= 4 is 5.97 Å². The summed E-state index contributed by atoms with van der Waals surface area (Å²) in [5, 5.41) is 0. The van der Waals surface area contributed by atoms with Gasteiger partial charge in [0.1, 0.15) is 11.9 Å². The van der Waals surface area contributed by atoms with Gasteiger partial charge in [-0.1, -0.05) is 38.3 Å². The molecule has 0 amide bonds. The van der Waals surface area contributed by atoms with Crippen LogP contribution in [0.1, 0.15) is 69.8 Å². The Morgan fingerprint density at radius 3 is 2.83 bits per heavy atom. The second kappa shape index (κ2) is 10.3. The smallest absolute Gasteiger partial charge is 0.306 e. The second-order valence-corrected chi connectivity index (χ2v) is 6.50. The largest absolute Gasteiger partial charge is 0.468 e. The number of carbonyl (C=O) groups excluding carboxylic acids is 1. The molecular weight excluding hydrogens is 304 g/mol. The number of hydrogen-bond acceptors (Lipinski definition) is 4. The highest BCUT2D eigenvalue weighted by molar-refractivity contribution is 5.69. The zero-order chi connectivity index (χ0) is 17.2. The van der Waals surface area contributed by atoms with Crippen molar-refractivity contribution in [3.05, 3.63) is 29.8 Å². The topological polar surface area (TPSA) is 44.8 Å². The van der Waals surface area contributed by atoms with Crippen LogP contribution in [0.2, 0.25) is 0 Å². The zero-order valence-corrected chi connectivity index (χ0v) is 15.0. The highest BCUT2D eigenvalue weighted by Crippen LogP contribution is 2.36. The quantitative estimate of drug-likeness (QED) is 0.369. The first-order valence-electron chi connectivity index (χ1n) is 9.15. The van der Waals surface area contributed by atoms with Crippen LogP contribution in [-0.2, 0) is 14.3 Å². The van der Waals surface area contributed by atoms with Gasteiger partial charge in [-0.25, -0.2) is 0 Å². The summed E-state index contributed by atoms with van der Waals surface area (Å²) >= 11 is 0. The van der Waals surface area contributed by atoms with Gasteiger partial charge in [0.25, 0.3) is 0 Å². The van der Waals surface area contributed by atoms with E-state index in [0.717, 1.165) is 44.3 Å². The minimum Gasteiger partial charge on any atom is -0.468 e. The number of methoxy groups -OCH3 is 1. The predicted molar refractivity (Wildman–Crippen MR) is 94.2 cm³/mol. The van der Waals surface area contributed by atoms with E-state index in [1.807, 2.05) is 18.2 Å². The number of rotatable bonds is 9. The SMILES string of the molecule is CCCCCC(=O)O[C@H]1CCCC[C@@H]1c1cccc(OCOC)c1. The number of hydrogen-bond donors (Lipinski definition) is 0. The van der Waals surface area contributed by atoms with Crippen molar-refractivity contribution in [3.8, 4) is 5.75 Å². The lowest BCUT2D eigenvalue weighted by atomic mass is 9.81. The molecule has 2 rings (SSSR count). The van der Waals surface area contributed by atoms with Crippen LogP contribution < -0.4 is 4.74 Å². The molecule has 0 aromatic heterocycles. The van der Waals surface area contributed by atoms with Crippen LogP contribution in [0.5, 0.6) is 5.75 Å². The average Bonchev–Trinajstić information content (AvgIpc) is 2.61. The monoisotopic (exact) mass is 334 g/mol. The molecule has 0 bridgehead atoms. The van der Waals surface area contributed by atoms with E-state index in [-0.39, 0.29) is 24.8 Å². The molecule has 0 heterocycles. The van der Waals surface area contributed by atoms with E-state index >= 15 is 0 Å². The minimum atomic E-state index is -0.0489. The average molecular weight is 334 g/mol. The Balaban J connectivity index is 1.99. The maximum Gasteiger partial charge on any atom is 0.306 e. The Morgan fingerprint density at radius 2 is 2.04 bits per heavy atom. The van der Waals surface area contributed by atoms with Gasteiger partial charge in [-0.3, -0.25) is 4.79 Å². The Labute approximate surface area is 145 Å². The normalized spacial score (nSPS) is 20.6. The maximum absolute atomic E-state index is 12.1. The van der Waals surface area contributed by atoms with Gasteiger partial charge in [0, 0.05) is 19.4 Å². The molecule has 4 heteroatoms. The fourth-order valence-electron chi connectivity index (χ4n) is 3.33. The van der Waals surface area contributed by atoms with Crippen LogP contribution in [0, 0.1) is 0 Å². The Bertz CT molecular complexity index is 500. The molecule has 2 atom stereocenters. The third kappa shape index (κ3) is 5.82. The summed E-state index contributed by atoms with van der Waals surface area (Å²) in [5.41, 5.74) is 1.19. The van der Waals surface area contributed by atoms with Crippen molar-refractivity contribution < 1.29 is 19.0 Å². The lowest BCUT2D eigenvalue weighted by Gasteiger charge is -2.31. The predicted octanol–water partition coefficient (Wildman–Crippen LogP) is 4.82. The summed E-state index contributed by atoms with van der Waals surface area (Å²) in [4.78, 5) is 12.1. The van der Waals surface area contributed by atoms with Crippen LogP contribution in [0.4, 0.5) is 0 Å². The molecule has 1 fully saturated rings. The lowest BCUT2D eigenvalue weighted by molar-refractivity contribution is -0.151. The van der Waals surface area contributed by atoms with Gasteiger partial charge in [0.2, 0.25) is 0 Å². The van der Waals surface area contributed by atoms with Crippen LogP contribution in [0.15, 0.2) is 24.3 Å². The van der Waals surface area contributed by atoms with Gasteiger partial charge in [-0.15, -0.1) is 0 Å². The molecule has 0 radical (unpaired) electrons. The van der Waals surface area contributed by atoms with Crippen molar-refractivity contribution in [2.24, 2.45) is 0 Å². The van der Waals surface area contributed by atoms with E-state index in [4.69, 9.17) is 14.2 Å². The van der Waals surface area contributed by atoms with Crippen molar-refractivity contribution in [2.75, 3.05) is 13.9 Å². The van der Waals surface area contributed by atoms with E-state index in [2.05, 4.69) is 13.0 Å². The number of ether oxygens (including phenoxy) is 3. The Morgan fingerprint density at radius 1 is 1.21 bits per heavy atom. The molecule has 0 spiro atoms. The summed E-state index contributed by atoms with van der Waals surface area (Å²) in [6.45, 7) is 2.38. The molecule has 1 saturated carbocycles. The van der Waals surface area contributed by atoms with Crippen LogP contribution in [0.25, 0.3) is 0 Å². The number of esters is 1. The number of carbonyl (C=O) groups is 1. The highest BCUT2D eigenvalue weighted by Gasteiger charge is 2.29. The maximum atomic E-state index is 12.1. The molecule has 1 aliphatic rings. The fourth-order valence-corrected chi connectivity index (χ4v) is 3.33. The summed E-state index contributed by atoms with van der Waals surface area (Å²) in [7, 11) is 1.61. The van der Waals surface area contributed by atoms with E-state index in [1.165, 1.54) is 12.0 Å². The number of benzene rings is 1. The second-order valence-electron chi connectivity index (χ2n) is 6.50. The summed E-state index contributed by atoms with van der Waals surface area (Å²) in [6, 6.07) is 8.08. The first-order valence-corrected chi connectivity index (χ1v) is 9.15.